The normalized spacial score (nSPS) is 18.4. The second-order valence-corrected chi connectivity index (χ2v) is 7.89. The van der Waals surface area contributed by atoms with Crippen LogP contribution >= 0.6 is 0 Å². The predicted octanol–water partition coefficient (Wildman–Crippen LogP) is 1.65. The summed E-state index contributed by atoms with van der Waals surface area (Å²) in [5, 5.41) is 13.9. The largest absolute Gasteiger partial charge is 0.492 e. The number of rotatable bonds is 7. The number of hydrogen-bond donors (Lipinski definition) is 3. The van der Waals surface area contributed by atoms with Gasteiger partial charge in [0.15, 0.2) is 0 Å². The zero-order chi connectivity index (χ0) is 21.8. The Morgan fingerprint density at radius 1 is 1.32 bits per heavy atom. The molecule has 1 saturated heterocycles. The van der Waals surface area contributed by atoms with Crippen LogP contribution in [0.15, 0.2) is 48.7 Å². The van der Waals surface area contributed by atoms with Gasteiger partial charge in [0, 0.05) is 43.6 Å². The summed E-state index contributed by atoms with van der Waals surface area (Å²) in [5.41, 5.74) is 8.42. The lowest BCUT2D eigenvalue weighted by Crippen LogP contribution is -2.45. The number of aliphatic hydroxyl groups is 1. The van der Waals surface area contributed by atoms with Gasteiger partial charge in [0.2, 0.25) is 0 Å². The molecule has 162 valence electrons. The van der Waals surface area contributed by atoms with E-state index in [1.165, 1.54) is 0 Å². The van der Waals surface area contributed by atoms with E-state index < -0.39 is 5.60 Å². The molecule has 0 bridgehead atoms. The highest BCUT2D eigenvalue weighted by atomic mass is 16.5. The average Bonchev–Trinajstić information content (AvgIpc) is 3.18. The molecule has 1 aromatic carbocycles. The quantitative estimate of drug-likeness (QED) is 0.531. The Balaban J connectivity index is 1.42. The third kappa shape index (κ3) is 4.76. The van der Waals surface area contributed by atoms with Crippen molar-refractivity contribution in [2.45, 2.75) is 18.9 Å². The van der Waals surface area contributed by atoms with E-state index >= 15 is 0 Å². The molecule has 0 radical (unpaired) electrons. The molecule has 0 spiro atoms. The molecule has 3 aromatic rings. The van der Waals surface area contributed by atoms with E-state index in [0.717, 1.165) is 22.4 Å². The second-order valence-electron chi connectivity index (χ2n) is 7.89. The number of nitrogens with zero attached hydrogens (tertiary/aromatic N) is 3. The molecular weight excluding hydrogens is 394 g/mol. The number of fused-ring (bicyclic) bond motifs is 1. The fraction of sp³-hybridized carbons (Fsp3) is 0.348. The van der Waals surface area contributed by atoms with Crippen LogP contribution in [0.25, 0.3) is 11.0 Å². The van der Waals surface area contributed by atoms with Crippen molar-refractivity contribution in [2.24, 2.45) is 5.73 Å². The molecule has 1 atom stereocenters. The van der Waals surface area contributed by atoms with Crippen molar-refractivity contribution in [1.82, 2.24) is 15.3 Å². The van der Waals surface area contributed by atoms with E-state index in [0.29, 0.717) is 44.0 Å². The van der Waals surface area contributed by atoms with Crippen molar-refractivity contribution in [3.05, 3.63) is 59.9 Å². The maximum Gasteiger partial charge on any atom is 0.251 e. The first-order chi connectivity index (χ1) is 15.0. The van der Waals surface area contributed by atoms with Gasteiger partial charge in [-0.05, 0) is 49.7 Å². The lowest BCUT2D eigenvalue weighted by Gasteiger charge is -2.25. The second kappa shape index (κ2) is 8.87. The van der Waals surface area contributed by atoms with Crippen molar-refractivity contribution < 1.29 is 14.6 Å². The number of aromatic nitrogens is 2. The van der Waals surface area contributed by atoms with E-state index in [1.807, 2.05) is 25.1 Å². The van der Waals surface area contributed by atoms with Gasteiger partial charge >= 0.3 is 0 Å². The highest BCUT2D eigenvalue weighted by molar-refractivity contribution is 5.94. The minimum atomic E-state index is -1.03. The molecule has 1 aliphatic rings. The summed E-state index contributed by atoms with van der Waals surface area (Å²) < 4.78 is 5.48. The Hall–Kier alpha value is -3.23. The van der Waals surface area contributed by atoms with Crippen molar-refractivity contribution >= 4 is 22.6 Å². The number of aryl methyl sites for hydroxylation is 1. The summed E-state index contributed by atoms with van der Waals surface area (Å²) in [6.45, 7) is 3.97. The third-order valence-electron chi connectivity index (χ3n) is 5.44. The number of β-amino-alcohol motifs (C(OH)–C–C–N with tert-alkyl or cyclic N) is 1. The van der Waals surface area contributed by atoms with E-state index in [1.54, 1.807) is 30.5 Å². The van der Waals surface area contributed by atoms with Crippen LogP contribution in [0.5, 0.6) is 5.75 Å². The Morgan fingerprint density at radius 3 is 3.03 bits per heavy atom. The highest BCUT2D eigenvalue weighted by Crippen LogP contribution is 2.30. The van der Waals surface area contributed by atoms with Crippen molar-refractivity contribution in [2.75, 3.05) is 37.7 Å². The number of carbonyl (C=O) groups excluding carboxylic acids is 1. The topological polar surface area (TPSA) is 114 Å². The highest BCUT2D eigenvalue weighted by Gasteiger charge is 2.37. The molecule has 1 amide bonds. The molecule has 1 aliphatic heterocycles. The molecule has 3 heterocycles. The first kappa shape index (κ1) is 21.0. The molecule has 1 fully saturated rings. The average molecular weight is 422 g/mol. The molecule has 8 nitrogen and oxygen atoms in total. The summed E-state index contributed by atoms with van der Waals surface area (Å²) in [6.07, 6.45) is 2.30. The zero-order valence-corrected chi connectivity index (χ0v) is 17.5. The molecular formula is C23H27N5O3. The van der Waals surface area contributed by atoms with Gasteiger partial charge in [0.05, 0.1) is 11.2 Å². The zero-order valence-electron chi connectivity index (χ0n) is 17.5. The lowest BCUT2D eigenvalue weighted by atomic mass is 10.0. The summed E-state index contributed by atoms with van der Waals surface area (Å²) in [4.78, 5) is 23.7. The number of nitrogens with two attached hydrogens (primary N) is 1. The van der Waals surface area contributed by atoms with Gasteiger partial charge < -0.3 is 25.8 Å². The lowest BCUT2D eigenvalue weighted by molar-refractivity contribution is 0.0576. The summed E-state index contributed by atoms with van der Waals surface area (Å²) >= 11 is 0. The van der Waals surface area contributed by atoms with Crippen molar-refractivity contribution in [1.29, 1.82) is 0 Å². The fourth-order valence-electron chi connectivity index (χ4n) is 3.82. The van der Waals surface area contributed by atoms with Gasteiger partial charge in [0.25, 0.3) is 5.91 Å². The number of amides is 1. The Bertz CT molecular complexity index is 1090. The van der Waals surface area contributed by atoms with Gasteiger partial charge in [-0.1, -0.05) is 6.07 Å². The number of pyridine rings is 2. The molecule has 0 unspecified atom stereocenters. The Labute approximate surface area is 181 Å². The molecule has 4 N–H and O–H groups in total. The monoisotopic (exact) mass is 421 g/mol. The fourth-order valence-corrected chi connectivity index (χ4v) is 3.82. The number of ether oxygens (including phenoxy) is 1. The van der Waals surface area contributed by atoms with Crippen LogP contribution in [0.2, 0.25) is 0 Å². The molecule has 2 aromatic heterocycles. The molecule has 4 rings (SSSR count). The summed E-state index contributed by atoms with van der Waals surface area (Å²) in [5.74, 6) is 0.341. The standard InChI is InChI=1S/C23H27N5O3/c1-16-5-6-19-21(27-16)20(7-10-25-19)28-11-8-23(30,15-28)14-26-22(29)17-3-2-4-18(13-17)31-12-9-24/h2-7,10,13,30H,8-9,11-12,14-15,24H2,1H3,(H,26,29)/t23-/m1/s1. The minimum Gasteiger partial charge on any atom is -0.492 e. The summed E-state index contributed by atoms with van der Waals surface area (Å²) in [6, 6.07) is 12.7. The third-order valence-corrected chi connectivity index (χ3v) is 5.44. The smallest absolute Gasteiger partial charge is 0.251 e. The summed E-state index contributed by atoms with van der Waals surface area (Å²) in [7, 11) is 0. The number of nitrogens with one attached hydrogen (secondary N) is 1. The Kier molecular flexibility index (Phi) is 6.01. The molecule has 31 heavy (non-hydrogen) atoms. The van der Waals surface area contributed by atoms with Gasteiger partial charge in [-0.25, -0.2) is 4.98 Å². The van der Waals surface area contributed by atoms with Crippen molar-refractivity contribution in [3.8, 4) is 5.75 Å². The molecule has 0 aliphatic carbocycles. The van der Waals surface area contributed by atoms with E-state index in [4.69, 9.17) is 10.5 Å². The van der Waals surface area contributed by atoms with Crippen molar-refractivity contribution in [3.63, 3.8) is 0 Å². The number of benzene rings is 1. The van der Waals surface area contributed by atoms with Crippen LogP contribution in [0.3, 0.4) is 0 Å². The van der Waals surface area contributed by atoms with Crippen LogP contribution in [0, 0.1) is 6.92 Å². The van der Waals surface area contributed by atoms with Crippen LogP contribution in [0.1, 0.15) is 22.5 Å². The molecule has 0 saturated carbocycles. The van der Waals surface area contributed by atoms with E-state index in [-0.39, 0.29) is 12.5 Å². The van der Waals surface area contributed by atoms with Gasteiger partial charge in [-0.2, -0.15) is 0 Å². The SMILES string of the molecule is Cc1ccc2nccc(N3CC[C@@](O)(CNC(=O)c4cccc(OCCN)c4)C3)c2n1. The maximum absolute atomic E-state index is 12.6. The number of anilines is 1. The van der Waals surface area contributed by atoms with Crippen LogP contribution in [-0.2, 0) is 0 Å². The van der Waals surface area contributed by atoms with Crippen LogP contribution in [-0.4, -0.2) is 59.4 Å². The number of carbonyl (C=O) groups is 1. The first-order valence-corrected chi connectivity index (χ1v) is 10.4. The maximum atomic E-state index is 12.6. The molecule has 8 heteroatoms. The van der Waals surface area contributed by atoms with E-state index in [9.17, 15) is 9.90 Å². The minimum absolute atomic E-state index is 0.158. The van der Waals surface area contributed by atoms with Crippen LogP contribution in [0.4, 0.5) is 5.69 Å². The predicted molar refractivity (Wildman–Crippen MR) is 119 cm³/mol. The van der Waals surface area contributed by atoms with Gasteiger partial charge in [0.1, 0.15) is 23.5 Å². The van der Waals surface area contributed by atoms with Crippen LogP contribution < -0.4 is 20.7 Å². The first-order valence-electron chi connectivity index (χ1n) is 10.4. The van der Waals surface area contributed by atoms with Gasteiger partial charge in [-0.15, -0.1) is 0 Å². The van der Waals surface area contributed by atoms with Gasteiger partial charge in [-0.3, -0.25) is 9.78 Å². The Morgan fingerprint density at radius 2 is 2.19 bits per heavy atom. The number of hydrogen-bond acceptors (Lipinski definition) is 7. The van der Waals surface area contributed by atoms with E-state index in [2.05, 4.69) is 20.2 Å².